The van der Waals surface area contributed by atoms with Crippen LogP contribution < -0.4 is 0 Å². The van der Waals surface area contributed by atoms with Gasteiger partial charge in [-0.3, -0.25) is 4.79 Å². The summed E-state index contributed by atoms with van der Waals surface area (Å²) in [6.07, 6.45) is 4.14. The number of aryl methyl sites for hydroxylation is 1. The van der Waals surface area contributed by atoms with Gasteiger partial charge in [0.15, 0.2) is 10.8 Å². The van der Waals surface area contributed by atoms with E-state index in [9.17, 15) is 4.79 Å². The second kappa shape index (κ2) is 6.68. The van der Waals surface area contributed by atoms with Gasteiger partial charge in [0, 0.05) is 59.1 Å². The fraction of sp³-hybridized carbons (Fsp3) is 0.200. The van der Waals surface area contributed by atoms with E-state index in [1.54, 1.807) is 18.5 Å². The summed E-state index contributed by atoms with van der Waals surface area (Å²) in [7, 11) is 0. The van der Waals surface area contributed by atoms with Gasteiger partial charge in [-0.2, -0.15) is 0 Å². The molecular formula is C20H16ClN5OS. The Balaban J connectivity index is 1.47. The third kappa shape index (κ3) is 2.87. The number of aromatic nitrogens is 4. The number of thiazole rings is 1. The molecule has 6 nitrogen and oxygen atoms in total. The van der Waals surface area contributed by atoms with Gasteiger partial charge in [-0.05, 0) is 31.2 Å². The normalized spacial score (nSPS) is 13.7. The molecule has 0 spiro atoms. The molecule has 1 aliphatic rings. The molecular weight excluding hydrogens is 394 g/mol. The largest absolute Gasteiger partial charge is 0.358 e. The first-order chi connectivity index (χ1) is 13.6. The van der Waals surface area contributed by atoms with Crippen LogP contribution in [0.25, 0.3) is 21.7 Å². The molecule has 1 aliphatic heterocycles. The maximum absolute atomic E-state index is 13.2. The highest BCUT2D eigenvalue weighted by Crippen LogP contribution is 2.32. The number of hydrogen-bond acceptors (Lipinski definition) is 5. The Bertz CT molecular complexity index is 1200. The molecule has 0 unspecified atom stereocenters. The van der Waals surface area contributed by atoms with Crippen LogP contribution in [-0.4, -0.2) is 37.3 Å². The molecule has 0 radical (unpaired) electrons. The average molecular weight is 410 g/mol. The summed E-state index contributed by atoms with van der Waals surface area (Å²) in [4.78, 5) is 32.2. The number of nitrogens with zero attached hydrogens (tertiary/aromatic N) is 4. The van der Waals surface area contributed by atoms with E-state index < -0.39 is 0 Å². The molecule has 1 amide bonds. The highest BCUT2D eigenvalue weighted by Gasteiger charge is 2.28. The van der Waals surface area contributed by atoms with Crippen LogP contribution in [0.2, 0.25) is 5.02 Å². The molecule has 8 heteroatoms. The summed E-state index contributed by atoms with van der Waals surface area (Å²) in [5, 5.41) is 2.45. The first kappa shape index (κ1) is 17.3. The van der Waals surface area contributed by atoms with E-state index in [1.807, 2.05) is 30.0 Å². The summed E-state index contributed by atoms with van der Waals surface area (Å²) in [5.74, 6) is 0.543. The number of carbonyl (C=O) groups is 1. The Kier molecular flexibility index (Phi) is 4.14. The zero-order chi connectivity index (χ0) is 19.3. The Morgan fingerprint density at radius 1 is 1.29 bits per heavy atom. The number of halogens is 1. The summed E-state index contributed by atoms with van der Waals surface area (Å²) in [5.41, 5.74) is 4.10. The number of hydrogen-bond donors (Lipinski definition) is 1. The van der Waals surface area contributed by atoms with Crippen molar-refractivity contribution >= 4 is 39.7 Å². The SMILES string of the molecule is Cc1nc(-c2ncccn2)sc1C(=O)N1CCc2[nH]c3ccc(Cl)cc3c2C1. The number of benzene rings is 1. The Labute approximate surface area is 170 Å². The molecule has 0 atom stereocenters. The number of aromatic amines is 1. The lowest BCUT2D eigenvalue weighted by Gasteiger charge is -2.27. The van der Waals surface area contributed by atoms with Gasteiger partial charge in [-0.25, -0.2) is 15.0 Å². The summed E-state index contributed by atoms with van der Waals surface area (Å²) in [6, 6.07) is 7.59. The summed E-state index contributed by atoms with van der Waals surface area (Å²) < 4.78 is 0. The maximum Gasteiger partial charge on any atom is 0.266 e. The van der Waals surface area contributed by atoms with E-state index in [-0.39, 0.29) is 5.91 Å². The maximum atomic E-state index is 13.2. The van der Waals surface area contributed by atoms with E-state index in [1.165, 1.54) is 17.0 Å². The van der Waals surface area contributed by atoms with Crippen molar-refractivity contribution in [1.29, 1.82) is 0 Å². The van der Waals surface area contributed by atoms with Crippen molar-refractivity contribution in [1.82, 2.24) is 24.8 Å². The molecule has 0 saturated heterocycles. The van der Waals surface area contributed by atoms with Gasteiger partial charge < -0.3 is 9.88 Å². The molecule has 28 heavy (non-hydrogen) atoms. The fourth-order valence-corrected chi connectivity index (χ4v) is 4.76. The topological polar surface area (TPSA) is 74.8 Å². The highest BCUT2D eigenvalue weighted by atomic mass is 35.5. The lowest BCUT2D eigenvalue weighted by molar-refractivity contribution is 0.0739. The number of H-pyrrole nitrogens is 1. The van der Waals surface area contributed by atoms with E-state index >= 15 is 0 Å². The summed E-state index contributed by atoms with van der Waals surface area (Å²) in [6.45, 7) is 3.08. The number of rotatable bonds is 2. The van der Waals surface area contributed by atoms with Gasteiger partial charge in [0.1, 0.15) is 4.88 Å². The smallest absolute Gasteiger partial charge is 0.266 e. The molecule has 0 fully saturated rings. The zero-order valence-corrected chi connectivity index (χ0v) is 16.6. The predicted molar refractivity (Wildman–Crippen MR) is 110 cm³/mol. The second-order valence-electron chi connectivity index (χ2n) is 6.75. The van der Waals surface area contributed by atoms with Crippen molar-refractivity contribution in [3.63, 3.8) is 0 Å². The third-order valence-electron chi connectivity index (χ3n) is 4.97. The Morgan fingerprint density at radius 3 is 2.93 bits per heavy atom. The molecule has 0 bridgehead atoms. The van der Waals surface area contributed by atoms with Crippen LogP contribution in [0.4, 0.5) is 0 Å². The highest BCUT2D eigenvalue weighted by molar-refractivity contribution is 7.17. The standard InChI is InChI=1S/C20H16ClN5OS/c1-11-17(28-19(24-11)18-22-6-2-7-23-18)20(27)26-8-5-16-14(10-26)13-9-12(21)3-4-15(13)25-16/h2-4,6-7,9,25H,5,8,10H2,1H3. The number of fused-ring (bicyclic) bond motifs is 3. The monoisotopic (exact) mass is 409 g/mol. The lowest BCUT2D eigenvalue weighted by Crippen LogP contribution is -2.35. The van der Waals surface area contributed by atoms with Crippen molar-refractivity contribution in [2.45, 2.75) is 19.9 Å². The van der Waals surface area contributed by atoms with Gasteiger partial charge in [-0.15, -0.1) is 11.3 Å². The van der Waals surface area contributed by atoms with Crippen LogP contribution in [-0.2, 0) is 13.0 Å². The number of amides is 1. The molecule has 0 aliphatic carbocycles. The van der Waals surface area contributed by atoms with Crippen molar-refractivity contribution in [3.8, 4) is 10.8 Å². The van der Waals surface area contributed by atoms with Crippen LogP contribution in [0.1, 0.15) is 26.6 Å². The van der Waals surface area contributed by atoms with Gasteiger partial charge in [0.2, 0.25) is 0 Å². The van der Waals surface area contributed by atoms with E-state index in [4.69, 9.17) is 11.6 Å². The van der Waals surface area contributed by atoms with Crippen LogP contribution in [0.15, 0.2) is 36.7 Å². The fourth-order valence-electron chi connectivity index (χ4n) is 3.60. The lowest BCUT2D eigenvalue weighted by atomic mass is 10.0. The first-order valence-electron chi connectivity index (χ1n) is 8.93. The van der Waals surface area contributed by atoms with E-state index in [2.05, 4.69) is 19.9 Å². The van der Waals surface area contributed by atoms with Crippen LogP contribution in [0.5, 0.6) is 0 Å². The molecule has 4 aromatic rings. The van der Waals surface area contributed by atoms with E-state index in [0.717, 1.165) is 22.9 Å². The van der Waals surface area contributed by atoms with Crippen molar-refractivity contribution in [2.24, 2.45) is 0 Å². The molecule has 1 aromatic carbocycles. The first-order valence-corrected chi connectivity index (χ1v) is 10.1. The van der Waals surface area contributed by atoms with Crippen LogP contribution in [0.3, 0.4) is 0 Å². The zero-order valence-electron chi connectivity index (χ0n) is 15.1. The summed E-state index contributed by atoms with van der Waals surface area (Å²) >= 11 is 7.53. The minimum absolute atomic E-state index is 0.000732. The third-order valence-corrected chi connectivity index (χ3v) is 6.35. The Morgan fingerprint density at radius 2 is 2.11 bits per heavy atom. The molecule has 140 valence electrons. The van der Waals surface area contributed by atoms with Crippen molar-refractivity contribution < 1.29 is 4.79 Å². The predicted octanol–water partition coefficient (Wildman–Crippen LogP) is 4.24. The Hall–Kier alpha value is -2.77. The average Bonchev–Trinajstić information content (AvgIpc) is 3.28. The van der Waals surface area contributed by atoms with Gasteiger partial charge in [0.25, 0.3) is 5.91 Å². The quantitative estimate of drug-likeness (QED) is 0.537. The van der Waals surface area contributed by atoms with Gasteiger partial charge in [0.05, 0.1) is 5.69 Å². The molecule has 4 heterocycles. The molecule has 3 aromatic heterocycles. The van der Waals surface area contributed by atoms with E-state index in [0.29, 0.717) is 39.5 Å². The van der Waals surface area contributed by atoms with Gasteiger partial charge >= 0.3 is 0 Å². The second-order valence-corrected chi connectivity index (χ2v) is 8.19. The van der Waals surface area contributed by atoms with Gasteiger partial charge in [-0.1, -0.05) is 11.6 Å². The molecule has 0 saturated carbocycles. The van der Waals surface area contributed by atoms with Crippen molar-refractivity contribution in [3.05, 3.63) is 63.5 Å². The molecule has 5 rings (SSSR count). The minimum Gasteiger partial charge on any atom is -0.358 e. The number of carbonyl (C=O) groups excluding carboxylic acids is 1. The molecule has 1 N–H and O–H groups in total. The number of nitrogens with one attached hydrogen (secondary N) is 1. The van der Waals surface area contributed by atoms with Crippen LogP contribution in [0, 0.1) is 6.92 Å². The minimum atomic E-state index is -0.000732. The van der Waals surface area contributed by atoms with Crippen LogP contribution >= 0.6 is 22.9 Å². The van der Waals surface area contributed by atoms with Crippen molar-refractivity contribution in [2.75, 3.05) is 6.54 Å².